The summed E-state index contributed by atoms with van der Waals surface area (Å²) in [5.41, 5.74) is 2.06. The summed E-state index contributed by atoms with van der Waals surface area (Å²) < 4.78 is 0. The minimum Gasteiger partial charge on any atom is -0.355 e. The summed E-state index contributed by atoms with van der Waals surface area (Å²) in [5, 5.41) is 5.73. The first kappa shape index (κ1) is 13.6. The number of aryl methyl sites for hydroxylation is 1. The van der Waals surface area contributed by atoms with Gasteiger partial charge in [0, 0.05) is 18.7 Å². The summed E-state index contributed by atoms with van der Waals surface area (Å²) in [5.74, 6) is -0.0774. The summed E-state index contributed by atoms with van der Waals surface area (Å²) in [6.45, 7) is 2.57. The van der Waals surface area contributed by atoms with Crippen LogP contribution >= 0.6 is 0 Å². The highest BCUT2D eigenvalue weighted by Crippen LogP contribution is 2.19. The second-order valence-electron chi connectivity index (χ2n) is 4.94. The van der Waals surface area contributed by atoms with Crippen LogP contribution in [0.25, 0.3) is 0 Å². The van der Waals surface area contributed by atoms with Gasteiger partial charge in [0.2, 0.25) is 11.8 Å². The Bertz CT molecular complexity index is 461. The van der Waals surface area contributed by atoms with E-state index in [0.717, 1.165) is 24.1 Å². The zero-order chi connectivity index (χ0) is 13.7. The van der Waals surface area contributed by atoms with Crippen LogP contribution in [0.3, 0.4) is 0 Å². The summed E-state index contributed by atoms with van der Waals surface area (Å²) in [4.78, 5) is 23.3. The number of carbonyl (C=O) groups excluding carboxylic acids is 2. The van der Waals surface area contributed by atoms with Crippen molar-refractivity contribution in [2.45, 2.75) is 32.6 Å². The van der Waals surface area contributed by atoms with E-state index in [1.165, 1.54) is 0 Å². The van der Waals surface area contributed by atoms with Gasteiger partial charge in [0.25, 0.3) is 0 Å². The average Bonchev–Trinajstić information content (AvgIpc) is 2.42. The first-order valence-corrected chi connectivity index (χ1v) is 6.86. The van der Waals surface area contributed by atoms with Gasteiger partial charge in [0.05, 0.1) is 5.92 Å². The van der Waals surface area contributed by atoms with E-state index in [1.807, 2.05) is 24.3 Å². The standard InChI is InChI=1S/C15H20N2O2/c1-2-5-11-6-3-4-7-13(11)17-15(19)12-8-9-14(18)16-10-12/h3-4,6-7,12H,2,5,8-10H2,1H3,(H,16,18)(H,17,19). The average molecular weight is 260 g/mol. The van der Waals surface area contributed by atoms with Gasteiger partial charge >= 0.3 is 0 Å². The van der Waals surface area contributed by atoms with Gasteiger partial charge in [-0.1, -0.05) is 31.5 Å². The molecule has 1 saturated heterocycles. The normalized spacial score (nSPS) is 18.8. The predicted molar refractivity (Wildman–Crippen MR) is 74.8 cm³/mol. The molecule has 1 fully saturated rings. The highest BCUT2D eigenvalue weighted by molar-refractivity contribution is 5.94. The zero-order valence-electron chi connectivity index (χ0n) is 11.2. The highest BCUT2D eigenvalue weighted by Gasteiger charge is 2.24. The fourth-order valence-corrected chi connectivity index (χ4v) is 2.32. The Labute approximate surface area is 113 Å². The molecular formula is C15H20N2O2. The molecule has 4 nitrogen and oxygen atoms in total. The Kier molecular flexibility index (Phi) is 4.55. The molecule has 4 heteroatoms. The lowest BCUT2D eigenvalue weighted by Gasteiger charge is -2.22. The number of anilines is 1. The van der Waals surface area contributed by atoms with Crippen LogP contribution in [0.2, 0.25) is 0 Å². The van der Waals surface area contributed by atoms with Gasteiger partial charge in [-0.3, -0.25) is 9.59 Å². The van der Waals surface area contributed by atoms with Crippen molar-refractivity contribution >= 4 is 17.5 Å². The molecule has 0 saturated carbocycles. The van der Waals surface area contributed by atoms with Crippen LogP contribution in [-0.4, -0.2) is 18.4 Å². The van der Waals surface area contributed by atoms with Crippen LogP contribution in [0.1, 0.15) is 31.7 Å². The molecule has 2 rings (SSSR count). The van der Waals surface area contributed by atoms with Crippen LogP contribution in [0.15, 0.2) is 24.3 Å². The maximum atomic E-state index is 12.2. The molecule has 1 atom stereocenters. The molecule has 0 bridgehead atoms. The van der Waals surface area contributed by atoms with E-state index in [2.05, 4.69) is 17.6 Å². The lowest BCUT2D eigenvalue weighted by Crippen LogP contribution is -2.40. The molecule has 0 radical (unpaired) electrons. The smallest absolute Gasteiger partial charge is 0.229 e. The molecule has 1 unspecified atom stereocenters. The summed E-state index contributed by atoms with van der Waals surface area (Å²) in [6, 6.07) is 7.89. The van der Waals surface area contributed by atoms with E-state index in [9.17, 15) is 9.59 Å². The number of hydrogen-bond donors (Lipinski definition) is 2. The van der Waals surface area contributed by atoms with Crippen LogP contribution in [0, 0.1) is 5.92 Å². The molecule has 102 valence electrons. The summed E-state index contributed by atoms with van der Waals surface area (Å²) >= 11 is 0. The molecule has 1 aliphatic rings. The van der Waals surface area contributed by atoms with Gasteiger partial charge in [0.1, 0.15) is 0 Å². The van der Waals surface area contributed by atoms with Crippen LogP contribution in [0.4, 0.5) is 5.69 Å². The predicted octanol–water partition coefficient (Wildman–Crippen LogP) is 2.10. The molecule has 1 aliphatic heterocycles. The molecule has 1 aromatic rings. The SMILES string of the molecule is CCCc1ccccc1NC(=O)C1CCC(=O)NC1. The Morgan fingerprint density at radius 3 is 2.89 bits per heavy atom. The Morgan fingerprint density at radius 1 is 1.42 bits per heavy atom. The molecule has 19 heavy (non-hydrogen) atoms. The van der Waals surface area contributed by atoms with Crippen LogP contribution in [0.5, 0.6) is 0 Å². The van der Waals surface area contributed by atoms with Crippen molar-refractivity contribution in [1.29, 1.82) is 0 Å². The second kappa shape index (κ2) is 6.36. The van der Waals surface area contributed by atoms with Crippen molar-refractivity contribution in [2.75, 3.05) is 11.9 Å². The molecule has 0 aromatic heterocycles. The van der Waals surface area contributed by atoms with E-state index < -0.39 is 0 Å². The minimum absolute atomic E-state index is 0.00329. The van der Waals surface area contributed by atoms with Crippen LogP contribution in [-0.2, 0) is 16.0 Å². The van der Waals surface area contributed by atoms with Crippen molar-refractivity contribution < 1.29 is 9.59 Å². The first-order valence-electron chi connectivity index (χ1n) is 6.86. The molecule has 1 heterocycles. The number of rotatable bonds is 4. The van der Waals surface area contributed by atoms with Crippen molar-refractivity contribution in [3.8, 4) is 0 Å². The van der Waals surface area contributed by atoms with E-state index in [-0.39, 0.29) is 17.7 Å². The van der Waals surface area contributed by atoms with Gasteiger partial charge in [-0.25, -0.2) is 0 Å². The molecule has 0 aliphatic carbocycles. The topological polar surface area (TPSA) is 58.2 Å². The monoisotopic (exact) mass is 260 g/mol. The molecule has 0 spiro atoms. The number of nitrogens with one attached hydrogen (secondary N) is 2. The number of amides is 2. The molecular weight excluding hydrogens is 240 g/mol. The molecule has 1 aromatic carbocycles. The fraction of sp³-hybridized carbons (Fsp3) is 0.467. The number of hydrogen-bond acceptors (Lipinski definition) is 2. The molecule has 2 amide bonds. The zero-order valence-corrected chi connectivity index (χ0v) is 11.2. The minimum atomic E-state index is -0.118. The Morgan fingerprint density at radius 2 is 2.21 bits per heavy atom. The highest BCUT2D eigenvalue weighted by atomic mass is 16.2. The van der Waals surface area contributed by atoms with Gasteiger partial charge in [0.15, 0.2) is 0 Å². The quantitative estimate of drug-likeness (QED) is 0.871. The first-order chi connectivity index (χ1) is 9.20. The maximum Gasteiger partial charge on any atom is 0.229 e. The van der Waals surface area contributed by atoms with Crippen molar-refractivity contribution in [2.24, 2.45) is 5.92 Å². The van der Waals surface area contributed by atoms with E-state index in [4.69, 9.17) is 0 Å². The number of benzene rings is 1. The van der Waals surface area contributed by atoms with E-state index in [0.29, 0.717) is 19.4 Å². The van der Waals surface area contributed by atoms with E-state index in [1.54, 1.807) is 0 Å². The third-order valence-electron chi connectivity index (χ3n) is 3.43. The third kappa shape index (κ3) is 3.56. The lowest BCUT2D eigenvalue weighted by atomic mass is 9.98. The number of para-hydroxylation sites is 1. The third-order valence-corrected chi connectivity index (χ3v) is 3.43. The van der Waals surface area contributed by atoms with Crippen molar-refractivity contribution in [3.63, 3.8) is 0 Å². The Balaban J connectivity index is 2.00. The largest absolute Gasteiger partial charge is 0.355 e. The van der Waals surface area contributed by atoms with E-state index >= 15 is 0 Å². The lowest BCUT2D eigenvalue weighted by molar-refractivity contribution is -0.126. The Hall–Kier alpha value is -1.84. The van der Waals surface area contributed by atoms with Gasteiger partial charge in [-0.15, -0.1) is 0 Å². The van der Waals surface area contributed by atoms with Crippen molar-refractivity contribution in [1.82, 2.24) is 5.32 Å². The summed E-state index contributed by atoms with van der Waals surface area (Å²) in [6.07, 6.45) is 3.08. The molecule has 2 N–H and O–H groups in total. The van der Waals surface area contributed by atoms with Gasteiger partial charge in [-0.2, -0.15) is 0 Å². The van der Waals surface area contributed by atoms with Crippen molar-refractivity contribution in [3.05, 3.63) is 29.8 Å². The number of carbonyl (C=O) groups is 2. The van der Waals surface area contributed by atoms with Gasteiger partial charge in [-0.05, 0) is 24.5 Å². The fourth-order valence-electron chi connectivity index (χ4n) is 2.32. The van der Waals surface area contributed by atoms with Gasteiger partial charge < -0.3 is 10.6 Å². The summed E-state index contributed by atoms with van der Waals surface area (Å²) in [7, 11) is 0. The number of piperidine rings is 1. The van der Waals surface area contributed by atoms with Crippen LogP contribution < -0.4 is 10.6 Å². The maximum absolute atomic E-state index is 12.2. The second-order valence-corrected chi connectivity index (χ2v) is 4.94.